The molecule has 0 spiro atoms. The lowest BCUT2D eigenvalue weighted by Crippen LogP contribution is -2.09. The molecule has 74 valence electrons. The molecular weight excluding hydrogens is 178 g/mol. The lowest BCUT2D eigenvalue weighted by molar-refractivity contribution is 0.105. The first-order valence-electron chi connectivity index (χ1n) is 5.16. The third-order valence-electron chi connectivity index (χ3n) is 3.11. The van der Waals surface area contributed by atoms with Gasteiger partial charge in [-0.05, 0) is 18.8 Å². The molecule has 1 aromatic rings. The van der Waals surface area contributed by atoms with E-state index in [0.29, 0.717) is 12.5 Å². The number of carbonyl (C=O) groups is 1. The van der Waals surface area contributed by atoms with Crippen LogP contribution in [-0.2, 0) is 17.8 Å². The molecule has 1 saturated carbocycles. The Morgan fingerprint density at radius 3 is 3.00 bits per heavy atom. The van der Waals surface area contributed by atoms with Gasteiger partial charge in [0, 0.05) is 28.9 Å². The molecule has 2 heterocycles. The van der Waals surface area contributed by atoms with Crippen molar-refractivity contribution in [2.24, 2.45) is 0 Å². The highest BCUT2D eigenvalue weighted by atomic mass is 16.5. The second-order valence-electron chi connectivity index (χ2n) is 4.10. The van der Waals surface area contributed by atoms with Crippen molar-refractivity contribution in [3.63, 3.8) is 0 Å². The maximum atomic E-state index is 11.0. The average Bonchev–Trinajstić information content (AvgIpc) is 2.99. The quantitative estimate of drug-likeness (QED) is 0.724. The number of nitrogens with one attached hydrogen (secondary N) is 1. The van der Waals surface area contributed by atoms with E-state index in [1.54, 1.807) is 0 Å². The molecular formula is C11H13NO2. The summed E-state index contributed by atoms with van der Waals surface area (Å²) in [5, 5.41) is 0. The lowest BCUT2D eigenvalue weighted by Gasteiger charge is -2.11. The molecule has 3 nitrogen and oxygen atoms in total. The Balaban J connectivity index is 2.11. The maximum Gasteiger partial charge on any atom is 0.152 e. The van der Waals surface area contributed by atoms with Crippen LogP contribution < -0.4 is 0 Å². The van der Waals surface area contributed by atoms with Gasteiger partial charge < -0.3 is 9.72 Å². The minimum Gasteiger partial charge on any atom is -0.376 e. The molecule has 0 atom stereocenters. The summed E-state index contributed by atoms with van der Waals surface area (Å²) >= 11 is 0. The van der Waals surface area contributed by atoms with Crippen LogP contribution in [0.3, 0.4) is 0 Å². The highest BCUT2D eigenvalue weighted by Gasteiger charge is 2.31. The highest BCUT2D eigenvalue weighted by Crippen LogP contribution is 2.42. The summed E-state index contributed by atoms with van der Waals surface area (Å²) in [6.07, 6.45) is 4.35. The van der Waals surface area contributed by atoms with E-state index in [1.807, 2.05) is 0 Å². The topological polar surface area (TPSA) is 42.1 Å². The van der Waals surface area contributed by atoms with Crippen molar-refractivity contribution in [1.82, 2.24) is 4.98 Å². The number of carbonyl (C=O) groups excluding carboxylic acids is 1. The van der Waals surface area contributed by atoms with Gasteiger partial charge in [-0.25, -0.2) is 0 Å². The van der Waals surface area contributed by atoms with Crippen molar-refractivity contribution < 1.29 is 9.53 Å². The normalized spacial score (nSPS) is 20.6. The third-order valence-corrected chi connectivity index (χ3v) is 3.11. The predicted molar refractivity (Wildman–Crippen MR) is 51.5 cm³/mol. The molecule has 3 rings (SSSR count). The molecule has 0 saturated heterocycles. The van der Waals surface area contributed by atoms with Crippen LogP contribution in [0.5, 0.6) is 0 Å². The summed E-state index contributed by atoms with van der Waals surface area (Å²) in [5.41, 5.74) is 4.37. The summed E-state index contributed by atoms with van der Waals surface area (Å²) in [4.78, 5) is 14.4. The van der Waals surface area contributed by atoms with Gasteiger partial charge in [-0.15, -0.1) is 0 Å². The highest BCUT2D eigenvalue weighted by molar-refractivity contribution is 5.80. The minimum atomic E-state index is 0.604. The average molecular weight is 191 g/mol. The third kappa shape index (κ3) is 1.12. The number of rotatable bonds is 2. The molecule has 0 bridgehead atoms. The summed E-state index contributed by atoms with van der Waals surface area (Å²) in [5.74, 6) is 0.612. The standard InChI is InChI=1S/C11H13NO2/c13-5-8-9-6-14-4-3-10(9)12-11(8)7-1-2-7/h5,7,12H,1-4,6H2. The summed E-state index contributed by atoms with van der Waals surface area (Å²) < 4.78 is 5.37. The Morgan fingerprint density at radius 2 is 2.29 bits per heavy atom. The molecule has 14 heavy (non-hydrogen) atoms. The van der Waals surface area contributed by atoms with Crippen molar-refractivity contribution >= 4 is 6.29 Å². The fourth-order valence-electron chi connectivity index (χ4n) is 2.19. The van der Waals surface area contributed by atoms with Crippen molar-refractivity contribution in [2.75, 3.05) is 6.61 Å². The fraction of sp³-hybridized carbons (Fsp3) is 0.545. The Labute approximate surface area is 82.5 Å². The Kier molecular flexibility index (Phi) is 1.74. The molecule has 0 unspecified atom stereocenters. The van der Waals surface area contributed by atoms with Gasteiger partial charge >= 0.3 is 0 Å². The van der Waals surface area contributed by atoms with Crippen molar-refractivity contribution in [1.29, 1.82) is 0 Å². The van der Waals surface area contributed by atoms with Crippen LogP contribution in [-0.4, -0.2) is 17.9 Å². The molecule has 1 aliphatic carbocycles. The zero-order valence-electron chi connectivity index (χ0n) is 8.01. The molecule has 1 fully saturated rings. The first-order chi connectivity index (χ1) is 6.90. The van der Waals surface area contributed by atoms with Crippen LogP contribution in [0, 0.1) is 0 Å². The SMILES string of the molecule is O=Cc1c(C2CC2)[nH]c2c1COCC2. The van der Waals surface area contributed by atoms with Crippen LogP contribution >= 0.6 is 0 Å². The molecule has 1 aliphatic heterocycles. The van der Waals surface area contributed by atoms with E-state index in [0.717, 1.165) is 36.1 Å². The van der Waals surface area contributed by atoms with Crippen LogP contribution in [0.1, 0.15) is 46.1 Å². The van der Waals surface area contributed by atoms with Crippen molar-refractivity contribution in [3.8, 4) is 0 Å². The predicted octanol–water partition coefficient (Wildman–Crippen LogP) is 1.78. The monoisotopic (exact) mass is 191 g/mol. The number of hydrogen-bond donors (Lipinski definition) is 1. The van der Waals surface area contributed by atoms with E-state index >= 15 is 0 Å². The number of fused-ring (bicyclic) bond motifs is 1. The second kappa shape index (κ2) is 2.95. The Hall–Kier alpha value is -1.09. The first-order valence-corrected chi connectivity index (χ1v) is 5.16. The van der Waals surface area contributed by atoms with Gasteiger partial charge in [0.1, 0.15) is 0 Å². The van der Waals surface area contributed by atoms with E-state index < -0.39 is 0 Å². The summed E-state index contributed by atoms with van der Waals surface area (Å²) in [7, 11) is 0. The van der Waals surface area contributed by atoms with E-state index in [9.17, 15) is 4.79 Å². The number of aromatic nitrogens is 1. The molecule has 2 aliphatic rings. The van der Waals surface area contributed by atoms with E-state index in [1.165, 1.54) is 18.5 Å². The van der Waals surface area contributed by atoms with Gasteiger partial charge in [-0.3, -0.25) is 4.79 Å². The van der Waals surface area contributed by atoms with Gasteiger partial charge in [0.05, 0.1) is 13.2 Å². The number of ether oxygens (including phenoxy) is 1. The number of aldehydes is 1. The molecule has 1 N–H and O–H groups in total. The zero-order chi connectivity index (χ0) is 9.54. The molecule has 0 aromatic carbocycles. The van der Waals surface area contributed by atoms with Crippen molar-refractivity contribution in [2.45, 2.75) is 31.8 Å². The second-order valence-corrected chi connectivity index (χ2v) is 4.10. The van der Waals surface area contributed by atoms with Crippen LogP contribution in [0.4, 0.5) is 0 Å². The maximum absolute atomic E-state index is 11.0. The Morgan fingerprint density at radius 1 is 1.43 bits per heavy atom. The fourth-order valence-corrected chi connectivity index (χ4v) is 2.19. The zero-order valence-corrected chi connectivity index (χ0v) is 8.01. The van der Waals surface area contributed by atoms with Gasteiger partial charge in [-0.2, -0.15) is 0 Å². The number of hydrogen-bond acceptors (Lipinski definition) is 2. The number of H-pyrrole nitrogens is 1. The van der Waals surface area contributed by atoms with Crippen LogP contribution in [0.2, 0.25) is 0 Å². The molecule has 1 aromatic heterocycles. The first kappa shape index (κ1) is 8.24. The lowest BCUT2D eigenvalue weighted by atomic mass is 10.1. The minimum absolute atomic E-state index is 0.604. The summed E-state index contributed by atoms with van der Waals surface area (Å²) in [6.45, 7) is 1.38. The van der Waals surface area contributed by atoms with Crippen LogP contribution in [0.15, 0.2) is 0 Å². The van der Waals surface area contributed by atoms with Gasteiger partial charge in [0.25, 0.3) is 0 Å². The molecule has 0 radical (unpaired) electrons. The van der Waals surface area contributed by atoms with E-state index in [-0.39, 0.29) is 0 Å². The van der Waals surface area contributed by atoms with Crippen molar-refractivity contribution in [3.05, 3.63) is 22.5 Å². The van der Waals surface area contributed by atoms with Gasteiger partial charge in [-0.1, -0.05) is 0 Å². The van der Waals surface area contributed by atoms with Gasteiger partial charge in [0.2, 0.25) is 0 Å². The van der Waals surface area contributed by atoms with E-state index in [4.69, 9.17) is 4.74 Å². The molecule has 0 amide bonds. The van der Waals surface area contributed by atoms with E-state index in [2.05, 4.69) is 4.98 Å². The largest absolute Gasteiger partial charge is 0.376 e. The van der Waals surface area contributed by atoms with Crippen LogP contribution in [0.25, 0.3) is 0 Å². The number of aromatic amines is 1. The van der Waals surface area contributed by atoms with Gasteiger partial charge in [0.15, 0.2) is 6.29 Å². The smallest absolute Gasteiger partial charge is 0.152 e. The Bertz CT molecular complexity index is 377. The summed E-state index contributed by atoms with van der Waals surface area (Å²) in [6, 6.07) is 0. The molecule has 3 heteroatoms.